The number of fused-ring (bicyclic) bond motifs is 1. The molecule has 0 spiro atoms. The standard InChI is InChI=1S/C24H26N4O4/c29-22-6-1-4-18-7-8-19(16-21(18)22)24(31)27-11-3-10-26(14-15-27)13-9-25-23(30)20-5-2-12-28(32)17-20/h1-2,4-8,12,16-17,29H,3,9-11,13-15H2,(H,25,30). The van der Waals surface area contributed by atoms with E-state index in [1.165, 1.54) is 12.4 Å². The summed E-state index contributed by atoms with van der Waals surface area (Å²) >= 11 is 0. The Labute approximate surface area is 186 Å². The van der Waals surface area contributed by atoms with Gasteiger partial charge in [-0.15, -0.1) is 0 Å². The number of carbonyl (C=O) groups excluding carboxylic acids is 2. The highest BCUT2D eigenvalue weighted by atomic mass is 16.5. The molecule has 4 rings (SSSR count). The van der Waals surface area contributed by atoms with Crippen molar-refractivity contribution in [2.24, 2.45) is 0 Å². The molecule has 1 aliphatic rings. The second kappa shape index (κ2) is 9.65. The monoisotopic (exact) mass is 434 g/mol. The summed E-state index contributed by atoms with van der Waals surface area (Å²) in [7, 11) is 0. The van der Waals surface area contributed by atoms with Crippen LogP contribution in [0.2, 0.25) is 0 Å². The first-order valence-electron chi connectivity index (χ1n) is 10.7. The predicted molar refractivity (Wildman–Crippen MR) is 120 cm³/mol. The van der Waals surface area contributed by atoms with Crippen LogP contribution in [0, 0.1) is 5.21 Å². The zero-order valence-electron chi connectivity index (χ0n) is 17.7. The number of nitrogens with zero attached hydrogens (tertiary/aromatic N) is 3. The lowest BCUT2D eigenvalue weighted by Gasteiger charge is -2.22. The van der Waals surface area contributed by atoms with E-state index < -0.39 is 0 Å². The molecule has 0 bridgehead atoms. The first-order valence-corrected chi connectivity index (χ1v) is 10.7. The SMILES string of the molecule is O=C(NCCN1CCCN(C(=O)c2ccc3cccc(O)c3c2)CC1)c1ccc[n+]([O-])c1. The summed E-state index contributed by atoms with van der Waals surface area (Å²) in [6.45, 7) is 3.94. The third-order valence-electron chi connectivity index (χ3n) is 5.73. The van der Waals surface area contributed by atoms with E-state index in [9.17, 15) is 19.9 Å². The molecule has 3 aromatic rings. The van der Waals surface area contributed by atoms with E-state index in [1.807, 2.05) is 17.0 Å². The smallest absolute Gasteiger partial charge is 0.257 e. The van der Waals surface area contributed by atoms with Gasteiger partial charge in [-0.2, -0.15) is 4.73 Å². The quantitative estimate of drug-likeness (QED) is 0.471. The highest BCUT2D eigenvalue weighted by molar-refractivity contribution is 6.00. The molecule has 2 aromatic carbocycles. The number of amides is 2. The number of hydrogen-bond donors (Lipinski definition) is 2. The minimum absolute atomic E-state index is 0.0414. The maximum absolute atomic E-state index is 13.0. The summed E-state index contributed by atoms with van der Waals surface area (Å²) in [5.74, 6) is -0.150. The van der Waals surface area contributed by atoms with E-state index in [1.54, 1.807) is 36.4 Å². The van der Waals surface area contributed by atoms with Gasteiger partial charge in [0.1, 0.15) is 11.3 Å². The van der Waals surface area contributed by atoms with Gasteiger partial charge in [-0.3, -0.25) is 14.5 Å². The van der Waals surface area contributed by atoms with Crippen LogP contribution in [-0.4, -0.2) is 66.0 Å². The second-order valence-corrected chi connectivity index (χ2v) is 7.91. The Morgan fingerprint density at radius 2 is 1.91 bits per heavy atom. The van der Waals surface area contributed by atoms with Crippen LogP contribution in [0.4, 0.5) is 0 Å². The van der Waals surface area contributed by atoms with Crippen molar-refractivity contribution in [2.45, 2.75) is 6.42 Å². The molecule has 166 valence electrons. The van der Waals surface area contributed by atoms with E-state index in [0.717, 1.165) is 18.4 Å². The van der Waals surface area contributed by atoms with Gasteiger partial charge in [0, 0.05) is 49.7 Å². The highest BCUT2D eigenvalue weighted by Crippen LogP contribution is 2.26. The Kier molecular flexibility index (Phi) is 6.51. The van der Waals surface area contributed by atoms with Crippen molar-refractivity contribution < 1.29 is 19.4 Å². The molecule has 2 amide bonds. The number of hydrogen-bond acceptors (Lipinski definition) is 5. The number of aromatic nitrogens is 1. The summed E-state index contributed by atoms with van der Waals surface area (Å²) in [6.07, 6.45) is 3.42. The maximum atomic E-state index is 13.0. The number of pyridine rings is 1. The summed E-state index contributed by atoms with van der Waals surface area (Å²) in [6, 6.07) is 13.9. The number of carbonyl (C=O) groups is 2. The lowest BCUT2D eigenvalue weighted by molar-refractivity contribution is -0.605. The van der Waals surface area contributed by atoms with Gasteiger partial charge in [-0.1, -0.05) is 18.2 Å². The molecule has 0 radical (unpaired) electrons. The van der Waals surface area contributed by atoms with Crippen molar-refractivity contribution in [3.8, 4) is 5.75 Å². The summed E-state index contributed by atoms with van der Waals surface area (Å²) < 4.78 is 0.603. The topological polar surface area (TPSA) is 99.8 Å². The van der Waals surface area contributed by atoms with E-state index in [0.29, 0.717) is 54.0 Å². The minimum atomic E-state index is -0.276. The van der Waals surface area contributed by atoms with Gasteiger partial charge in [-0.25, -0.2) is 0 Å². The third kappa shape index (κ3) is 4.97. The van der Waals surface area contributed by atoms with Gasteiger partial charge in [0.05, 0.1) is 0 Å². The normalized spacial score (nSPS) is 14.8. The Morgan fingerprint density at radius 3 is 2.75 bits per heavy atom. The number of aromatic hydroxyl groups is 1. The first kappa shape index (κ1) is 21.6. The van der Waals surface area contributed by atoms with Gasteiger partial charge < -0.3 is 20.5 Å². The van der Waals surface area contributed by atoms with Crippen molar-refractivity contribution in [1.29, 1.82) is 0 Å². The van der Waals surface area contributed by atoms with Crippen LogP contribution >= 0.6 is 0 Å². The predicted octanol–water partition coefficient (Wildman–Crippen LogP) is 1.76. The molecule has 0 unspecified atom stereocenters. The minimum Gasteiger partial charge on any atom is -0.619 e. The van der Waals surface area contributed by atoms with Crippen molar-refractivity contribution in [3.05, 3.63) is 77.3 Å². The van der Waals surface area contributed by atoms with Gasteiger partial charge >= 0.3 is 0 Å². The fourth-order valence-electron chi connectivity index (χ4n) is 3.99. The van der Waals surface area contributed by atoms with Crippen LogP contribution in [0.1, 0.15) is 27.1 Å². The van der Waals surface area contributed by atoms with E-state index in [-0.39, 0.29) is 17.6 Å². The van der Waals surface area contributed by atoms with Gasteiger partial charge in [-0.05, 0) is 42.6 Å². The van der Waals surface area contributed by atoms with Crippen LogP contribution in [0.15, 0.2) is 60.9 Å². The Balaban J connectivity index is 1.30. The average molecular weight is 434 g/mol. The third-order valence-corrected chi connectivity index (χ3v) is 5.73. The summed E-state index contributed by atoms with van der Waals surface area (Å²) in [4.78, 5) is 29.3. The molecule has 1 aliphatic heterocycles. The number of rotatable bonds is 5. The molecule has 8 heteroatoms. The van der Waals surface area contributed by atoms with Crippen molar-refractivity contribution in [1.82, 2.24) is 15.1 Å². The van der Waals surface area contributed by atoms with Crippen molar-refractivity contribution in [3.63, 3.8) is 0 Å². The molecular formula is C24H26N4O4. The number of nitrogens with one attached hydrogen (secondary N) is 1. The number of benzene rings is 2. The zero-order chi connectivity index (χ0) is 22.5. The average Bonchev–Trinajstić information content (AvgIpc) is 3.04. The number of phenols is 1. The molecule has 1 fully saturated rings. The fraction of sp³-hybridized carbons (Fsp3) is 0.292. The van der Waals surface area contributed by atoms with E-state index >= 15 is 0 Å². The van der Waals surface area contributed by atoms with Crippen LogP contribution in [0.3, 0.4) is 0 Å². The molecule has 32 heavy (non-hydrogen) atoms. The molecule has 0 saturated carbocycles. The molecule has 0 aliphatic carbocycles. The fourth-order valence-corrected chi connectivity index (χ4v) is 3.99. The Bertz CT molecular complexity index is 1130. The molecule has 1 aromatic heterocycles. The van der Waals surface area contributed by atoms with Gasteiger partial charge in [0.25, 0.3) is 11.8 Å². The second-order valence-electron chi connectivity index (χ2n) is 7.91. The Hall–Kier alpha value is -3.65. The maximum Gasteiger partial charge on any atom is 0.257 e. The van der Waals surface area contributed by atoms with Crippen molar-refractivity contribution in [2.75, 3.05) is 39.3 Å². The molecule has 8 nitrogen and oxygen atoms in total. The van der Waals surface area contributed by atoms with Gasteiger partial charge in [0.15, 0.2) is 12.4 Å². The summed E-state index contributed by atoms with van der Waals surface area (Å²) in [5, 5.41) is 25.8. The number of phenolic OH excluding ortho intramolecular Hbond substituents is 1. The largest absolute Gasteiger partial charge is 0.619 e. The molecule has 2 N–H and O–H groups in total. The zero-order valence-corrected chi connectivity index (χ0v) is 17.7. The van der Waals surface area contributed by atoms with Crippen LogP contribution in [0.5, 0.6) is 5.75 Å². The lowest BCUT2D eigenvalue weighted by atomic mass is 10.1. The van der Waals surface area contributed by atoms with Crippen molar-refractivity contribution >= 4 is 22.6 Å². The summed E-state index contributed by atoms with van der Waals surface area (Å²) in [5.41, 5.74) is 0.898. The first-order chi connectivity index (χ1) is 15.5. The van der Waals surface area contributed by atoms with E-state index in [4.69, 9.17) is 0 Å². The van der Waals surface area contributed by atoms with Crippen LogP contribution in [0.25, 0.3) is 10.8 Å². The van der Waals surface area contributed by atoms with E-state index in [2.05, 4.69) is 10.2 Å². The van der Waals surface area contributed by atoms with Crippen LogP contribution < -0.4 is 10.0 Å². The molecular weight excluding hydrogens is 408 g/mol. The molecule has 2 heterocycles. The molecule has 1 saturated heterocycles. The van der Waals surface area contributed by atoms with Crippen LogP contribution in [-0.2, 0) is 0 Å². The molecule has 0 atom stereocenters. The highest BCUT2D eigenvalue weighted by Gasteiger charge is 2.21. The Morgan fingerprint density at radius 1 is 1.03 bits per heavy atom. The van der Waals surface area contributed by atoms with Gasteiger partial charge in [0.2, 0.25) is 0 Å². The lowest BCUT2D eigenvalue weighted by Crippen LogP contribution is -2.38.